The number of hydrogen-bond donors (Lipinski definition) is 1. The number of alkyl halides is 3. The number of hydrogen-bond acceptors (Lipinski definition) is 6. The topological polar surface area (TPSA) is 85.4 Å². The minimum Gasteiger partial charge on any atom is -0.466 e. The molecular weight excluding hydrogens is 493 g/mol. The molecule has 0 unspecified atom stereocenters. The van der Waals surface area contributed by atoms with Gasteiger partial charge < -0.3 is 10.1 Å². The van der Waals surface area contributed by atoms with Gasteiger partial charge in [0.2, 0.25) is 0 Å². The molecule has 4 rings (SSSR count). The molecule has 0 aliphatic heterocycles. The number of nitrogens with one attached hydrogen (secondary N) is 1. The lowest BCUT2D eigenvalue weighted by atomic mass is 10.1. The lowest BCUT2D eigenvalue weighted by Gasteiger charge is -2.13. The van der Waals surface area contributed by atoms with E-state index in [-0.39, 0.29) is 4.90 Å². The number of benzene rings is 2. The molecule has 0 radical (unpaired) electrons. The molecular formula is C26H23F3N2O4S. The number of esters is 1. The fraction of sp³-hybridized carbons (Fsp3) is 0.231. The monoisotopic (exact) mass is 516 g/mol. The van der Waals surface area contributed by atoms with E-state index in [2.05, 4.69) is 10.3 Å². The summed E-state index contributed by atoms with van der Waals surface area (Å²) in [7, 11) is -2.66. The number of methoxy groups -OCH3 is 1. The SMILES string of the molecule is COC(=O)C1=Cc2cc(NCc3cc(CS(=O)(=O)c4cccc(C(F)(F)F)c4)ccc3C)cnc2C1. The summed E-state index contributed by atoms with van der Waals surface area (Å²) in [5.41, 5.74) is 4.06. The first kappa shape index (κ1) is 25.4. The van der Waals surface area contributed by atoms with E-state index in [1.54, 1.807) is 30.5 Å². The van der Waals surface area contributed by atoms with Gasteiger partial charge in [0.25, 0.3) is 0 Å². The second kappa shape index (κ2) is 9.77. The molecule has 2 aromatic carbocycles. The van der Waals surface area contributed by atoms with Crippen LogP contribution in [0, 0.1) is 6.92 Å². The van der Waals surface area contributed by atoms with Crippen molar-refractivity contribution >= 4 is 27.6 Å². The van der Waals surface area contributed by atoms with Gasteiger partial charge in [0.05, 0.1) is 40.9 Å². The Kier molecular flexibility index (Phi) is 6.90. The fourth-order valence-electron chi connectivity index (χ4n) is 3.93. The second-order valence-electron chi connectivity index (χ2n) is 8.50. The Hall–Kier alpha value is -3.66. The Morgan fingerprint density at radius 2 is 1.92 bits per heavy atom. The van der Waals surface area contributed by atoms with Gasteiger partial charge in [-0.15, -0.1) is 0 Å². The van der Waals surface area contributed by atoms with E-state index in [9.17, 15) is 26.4 Å². The molecule has 36 heavy (non-hydrogen) atoms. The van der Waals surface area contributed by atoms with Crippen LogP contribution in [-0.2, 0) is 44.3 Å². The molecule has 0 atom stereocenters. The summed E-state index contributed by atoms with van der Waals surface area (Å²) in [6.07, 6.45) is -0.824. The number of carbonyl (C=O) groups is 1. The lowest BCUT2D eigenvalue weighted by Crippen LogP contribution is -2.10. The molecule has 0 saturated carbocycles. The first-order chi connectivity index (χ1) is 17.0. The van der Waals surface area contributed by atoms with E-state index < -0.39 is 33.3 Å². The standard InChI is InChI=1S/C26H23F3N2O4S/c1-16-6-7-17(15-36(33,34)23-5-3-4-21(12-23)26(27,28)29)8-20(16)13-30-22-10-18-9-19(25(32)35-2)11-24(18)31-14-22/h3-10,12,14,30H,11,13,15H2,1-2H3. The Labute approximate surface area is 206 Å². The highest BCUT2D eigenvalue weighted by molar-refractivity contribution is 7.90. The van der Waals surface area contributed by atoms with Gasteiger partial charge in [-0.2, -0.15) is 13.2 Å². The highest BCUT2D eigenvalue weighted by atomic mass is 32.2. The molecule has 188 valence electrons. The van der Waals surface area contributed by atoms with Gasteiger partial charge in [-0.25, -0.2) is 13.2 Å². The van der Waals surface area contributed by atoms with Gasteiger partial charge in [-0.1, -0.05) is 24.3 Å². The van der Waals surface area contributed by atoms with Gasteiger partial charge in [0, 0.05) is 18.5 Å². The molecule has 0 amide bonds. The van der Waals surface area contributed by atoms with Crippen molar-refractivity contribution in [3.8, 4) is 0 Å². The van der Waals surface area contributed by atoms with Gasteiger partial charge in [-0.05, 0) is 59.5 Å². The summed E-state index contributed by atoms with van der Waals surface area (Å²) in [5.74, 6) is -0.821. The molecule has 3 aromatic rings. The molecule has 0 fully saturated rings. The molecule has 0 bridgehead atoms. The van der Waals surface area contributed by atoms with Crippen LogP contribution in [0.4, 0.5) is 18.9 Å². The quantitative estimate of drug-likeness (QED) is 0.440. The zero-order valence-corrected chi connectivity index (χ0v) is 20.3. The number of ether oxygens (including phenoxy) is 1. The average Bonchev–Trinajstić information content (AvgIpc) is 3.27. The average molecular weight is 517 g/mol. The zero-order chi connectivity index (χ0) is 26.1. The minimum absolute atomic E-state index is 0.372. The zero-order valence-electron chi connectivity index (χ0n) is 19.5. The van der Waals surface area contributed by atoms with E-state index in [1.807, 2.05) is 13.0 Å². The van der Waals surface area contributed by atoms with Crippen molar-refractivity contribution in [3.63, 3.8) is 0 Å². The van der Waals surface area contributed by atoms with Crippen molar-refractivity contribution in [2.45, 2.75) is 36.7 Å². The van der Waals surface area contributed by atoms with Crippen LogP contribution >= 0.6 is 0 Å². The molecule has 0 saturated heterocycles. The Morgan fingerprint density at radius 1 is 1.14 bits per heavy atom. The Morgan fingerprint density at radius 3 is 2.64 bits per heavy atom. The number of halogens is 3. The highest BCUT2D eigenvalue weighted by Crippen LogP contribution is 2.31. The number of aryl methyl sites for hydroxylation is 1. The van der Waals surface area contributed by atoms with Crippen LogP contribution in [0.5, 0.6) is 0 Å². The molecule has 1 aliphatic rings. The summed E-state index contributed by atoms with van der Waals surface area (Å²) in [6.45, 7) is 2.26. The maximum absolute atomic E-state index is 13.0. The molecule has 1 aliphatic carbocycles. The number of rotatable bonds is 7. The summed E-state index contributed by atoms with van der Waals surface area (Å²) >= 11 is 0. The molecule has 1 aromatic heterocycles. The van der Waals surface area contributed by atoms with Crippen molar-refractivity contribution in [1.29, 1.82) is 0 Å². The first-order valence-corrected chi connectivity index (χ1v) is 12.6. The van der Waals surface area contributed by atoms with Crippen LogP contribution in [0.1, 0.15) is 33.5 Å². The minimum atomic E-state index is -4.63. The van der Waals surface area contributed by atoms with E-state index >= 15 is 0 Å². The predicted molar refractivity (Wildman–Crippen MR) is 129 cm³/mol. The lowest BCUT2D eigenvalue weighted by molar-refractivity contribution is -0.138. The number of carbonyl (C=O) groups excluding carboxylic acids is 1. The number of anilines is 1. The molecule has 1 N–H and O–H groups in total. The molecule has 1 heterocycles. The number of nitrogens with zero attached hydrogens (tertiary/aromatic N) is 1. The van der Waals surface area contributed by atoms with Crippen molar-refractivity contribution in [3.05, 3.63) is 93.8 Å². The second-order valence-corrected chi connectivity index (χ2v) is 10.5. The van der Waals surface area contributed by atoms with Gasteiger partial charge >= 0.3 is 12.1 Å². The third kappa shape index (κ3) is 5.59. The summed E-state index contributed by atoms with van der Waals surface area (Å²) in [5, 5.41) is 3.25. The van der Waals surface area contributed by atoms with E-state index in [4.69, 9.17) is 4.74 Å². The van der Waals surface area contributed by atoms with Crippen molar-refractivity contribution in [2.75, 3.05) is 12.4 Å². The Bertz CT molecular complexity index is 1460. The van der Waals surface area contributed by atoms with E-state index in [1.165, 1.54) is 13.2 Å². The maximum atomic E-state index is 13.0. The molecule has 6 nitrogen and oxygen atoms in total. The van der Waals surface area contributed by atoms with E-state index in [0.717, 1.165) is 40.2 Å². The number of fused-ring (bicyclic) bond motifs is 1. The number of aromatic nitrogens is 1. The van der Waals surface area contributed by atoms with Crippen LogP contribution in [0.15, 0.2) is 65.2 Å². The van der Waals surface area contributed by atoms with Gasteiger partial charge in [-0.3, -0.25) is 4.98 Å². The fourth-order valence-corrected chi connectivity index (χ4v) is 5.31. The predicted octanol–water partition coefficient (Wildman–Crippen LogP) is 5.11. The van der Waals surface area contributed by atoms with Crippen LogP contribution in [0.3, 0.4) is 0 Å². The van der Waals surface area contributed by atoms with Crippen molar-refractivity contribution in [1.82, 2.24) is 4.98 Å². The number of sulfone groups is 1. The van der Waals surface area contributed by atoms with Crippen molar-refractivity contribution in [2.24, 2.45) is 0 Å². The van der Waals surface area contributed by atoms with Crippen LogP contribution in [0.25, 0.3) is 6.08 Å². The summed E-state index contributed by atoms with van der Waals surface area (Å²) in [6, 6.07) is 10.8. The third-order valence-corrected chi connectivity index (χ3v) is 7.60. The molecule has 10 heteroatoms. The van der Waals surface area contributed by atoms with Gasteiger partial charge in [0.1, 0.15) is 0 Å². The summed E-state index contributed by atoms with van der Waals surface area (Å²) in [4.78, 5) is 15.8. The van der Waals surface area contributed by atoms with Crippen LogP contribution in [-0.4, -0.2) is 26.5 Å². The largest absolute Gasteiger partial charge is 0.466 e. The Balaban J connectivity index is 1.49. The van der Waals surface area contributed by atoms with Crippen LogP contribution in [0.2, 0.25) is 0 Å². The van der Waals surface area contributed by atoms with Crippen LogP contribution < -0.4 is 5.32 Å². The van der Waals surface area contributed by atoms with Gasteiger partial charge in [0.15, 0.2) is 9.84 Å². The normalized spacial score (nSPS) is 13.2. The molecule has 0 spiro atoms. The first-order valence-electron chi connectivity index (χ1n) is 11.0. The highest BCUT2D eigenvalue weighted by Gasteiger charge is 2.31. The summed E-state index contributed by atoms with van der Waals surface area (Å²) < 4.78 is 69.5. The van der Waals surface area contributed by atoms with Crippen molar-refractivity contribution < 1.29 is 31.1 Å². The maximum Gasteiger partial charge on any atom is 0.416 e. The smallest absolute Gasteiger partial charge is 0.416 e. The third-order valence-electron chi connectivity index (χ3n) is 5.91. The number of pyridine rings is 1. The van der Waals surface area contributed by atoms with E-state index in [0.29, 0.717) is 30.2 Å².